The molecule has 4 nitrogen and oxygen atoms in total. The zero-order chi connectivity index (χ0) is 14.0. The first-order chi connectivity index (χ1) is 8.95. The Bertz CT molecular complexity index is 662. The summed E-state index contributed by atoms with van der Waals surface area (Å²) in [7, 11) is -2.02. The molecule has 0 saturated carbocycles. The Morgan fingerprint density at radius 2 is 1.89 bits per heavy atom. The number of nitrogens with zero attached hydrogens (tertiary/aromatic N) is 1. The first-order valence-electron chi connectivity index (χ1n) is 5.74. The first kappa shape index (κ1) is 14.0. The minimum absolute atomic E-state index is 0.214. The first-order valence-corrected chi connectivity index (χ1v) is 7.71. The van der Waals surface area contributed by atoms with Gasteiger partial charge in [0.25, 0.3) is 10.0 Å². The van der Waals surface area contributed by atoms with Crippen LogP contribution in [-0.4, -0.2) is 20.4 Å². The summed E-state index contributed by atoms with van der Waals surface area (Å²) in [4.78, 5) is 3.05. The Morgan fingerprint density at radius 3 is 2.42 bits per heavy atom. The van der Waals surface area contributed by atoms with E-state index in [1.54, 1.807) is 18.2 Å². The van der Waals surface area contributed by atoms with Crippen LogP contribution in [0, 0.1) is 6.92 Å². The molecule has 0 bridgehead atoms. The minimum Gasteiger partial charge on any atom is -0.363 e. The van der Waals surface area contributed by atoms with Crippen LogP contribution in [0.4, 0.5) is 5.69 Å². The Labute approximate surface area is 118 Å². The van der Waals surface area contributed by atoms with Crippen molar-refractivity contribution >= 4 is 27.3 Å². The molecule has 0 fully saturated rings. The fraction of sp³-hybridized carbons (Fsp3) is 0.231. The van der Waals surface area contributed by atoms with Gasteiger partial charge in [0.05, 0.1) is 11.6 Å². The molecular formula is C13H15ClN2O2S. The predicted molar refractivity (Wildman–Crippen MR) is 77.1 cm³/mol. The summed E-state index contributed by atoms with van der Waals surface area (Å²) in [6, 6.07) is 8.86. The summed E-state index contributed by atoms with van der Waals surface area (Å²) in [6.07, 6.45) is 1.46. The van der Waals surface area contributed by atoms with Crippen molar-refractivity contribution in [3.8, 4) is 0 Å². The summed E-state index contributed by atoms with van der Waals surface area (Å²) in [5.74, 6) is 0.254. The fourth-order valence-corrected chi connectivity index (χ4v) is 3.07. The van der Waals surface area contributed by atoms with E-state index in [-0.39, 0.29) is 10.8 Å². The lowest BCUT2D eigenvalue weighted by Gasteiger charge is -2.18. The molecule has 19 heavy (non-hydrogen) atoms. The van der Waals surface area contributed by atoms with Gasteiger partial charge in [-0.05, 0) is 25.1 Å². The molecule has 1 aromatic carbocycles. The molecule has 0 radical (unpaired) electrons. The van der Waals surface area contributed by atoms with Crippen molar-refractivity contribution in [1.29, 1.82) is 0 Å². The number of aryl methyl sites for hydroxylation is 1. The van der Waals surface area contributed by atoms with Crippen LogP contribution in [0.2, 0.25) is 0 Å². The van der Waals surface area contributed by atoms with Crippen LogP contribution in [0.15, 0.2) is 41.4 Å². The summed E-state index contributed by atoms with van der Waals surface area (Å²) in [5.41, 5.74) is 2.39. The number of rotatable bonds is 4. The second-order valence-electron chi connectivity index (χ2n) is 4.30. The molecule has 0 aliphatic rings. The normalized spacial score (nSPS) is 11.5. The van der Waals surface area contributed by atoms with E-state index in [0.29, 0.717) is 11.4 Å². The molecule has 1 N–H and O–H groups in total. The van der Waals surface area contributed by atoms with Crippen LogP contribution >= 0.6 is 11.6 Å². The average Bonchev–Trinajstić information content (AvgIpc) is 2.88. The average molecular weight is 299 g/mol. The highest BCUT2D eigenvalue weighted by atomic mass is 35.5. The number of anilines is 1. The topological polar surface area (TPSA) is 53.2 Å². The van der Waals surface area contributed by atoms with Gasteiger partial charge >= 0.3 is 0 Å². The molecule has 0 atom stereocenters. The monoisotopic (exact) mass is 298 g/mol. The Balaban J connectivity index is 2.36. The van der Waals surface area contributed by atoms with Gasteiger partial charge in [0.2, 0.25) is 0 Å². The van der Waals surface area contributed by atoms with Gasteiger partial charge in [-0.3, -0.25) is 4.31 Å². The zero-order valence-electron chi connectivity index (χ0n) is 10.7. The molecular weight excluding hydrogens is 284 g/mol. The highest BCUT2D eigenvalue weighted by Gasteiger charge is 2.22. The second-order valence-corrected chi connectivity index (χ2v) is 6.54. The number of halogens is 1. The molecule has 1 aromatic heterocycles. The third-order valence-corrected chi connectivity index (χ3v) is 4.97. The van der Waals surface area contributed by atoms with E-state index in [9.17, 15) is 8.42 Å². The number of hydrogen-bond acceptors (Lipinski definition) is 2. The number of nitrogens with one attached hydrogen (secondary N) is 1. The number of aromatic nitrogens is 1. The molecule has 2 rings (SSSR count). The summed E-state index contributed by atoms with van der Waals surface area (Å²) < 4.78 is 26.1. The molecule has 2 aromatic rings. The van der Waals surface area contributed by atoms with Gasteiger partial charge in [-0.1, -0.05) is 17.7 Å². The summed E-state index contributed by atoms with van der Waals surface area (Å²) >= 11 is 5.66. The number of sulfonamides is 1. The third kappa shape index (κ3) is 2.77. The van der Waals surface area contributed by atoms with E-state index in [0.717, 1.165) is 5.56 Å². The maximum atomic E-state index is 12.4. The maximum absolute atomic E-state index is 12.4. The quantitative estimate of drug-likeness (QED) is 0.883. The molecule has 0 unspecified atom stereocenters. The van der Waals surface area contributed by atoms with Crippen LogP contribution in [0.3, 0.4) is 0 Å². The maximum Gasteiger partial charge on any atom is 0.265 e. The van der Waals surface area contributed by atoms with Crippen LogP contribution in [0.25, 0.3) is 0 Å². The van der Waals surface area contributed by atoms with Gasteiger partial charge in [0.15, 0.2) is 0 Å². The van der Waals surface area contributed by atoms with E-state index in [4.69, 9.17) is 11.6 Å². The van der Waals surface area contributed by atoms with Crippen LogP contribution in [0.5, 0.6) is 0 Å². The molecule has 6 heteroatoms. The summed E-state index contributed by atoms with van der Waals surface area (Å²) in [6.45, 7) is 1.96. The van der Waals surface area contributed by atoms with Crippen molar-refractivity contribution in [2.75, 3.05) is 11.4 Å². The minimum atomic E-state index is -3.55. The molecule has 1 heterocycles. The standard InChI is InChI=1S/C13H15ClN2O2S/c1-10-3-5-12(6-4-10)16(2)19(17,18)13-7-11(8-14)15-9-13/h3-7,9,15H,8H2,1-2H3. The molecule has 0 aliphatic carbocycles. The van der Waals surface area contributed by atoms with Crippen LogP contribution in [0.1, 0.15) is 11.3 Å². The fourth-order valence-electron chi connectivity index (χ4n) is 1.70. The summed E-state index contributed by atoms with van der Waals surface area (Å²) in [5, 5.41) is 0. The molecule has 0 aliphatic heterocycles. The number of aromatic amines is 1. The SMILES string of the molecule is Cc1ccc(N(C)S(=O)(=O)c2c[nH]c(CCl)c2)cc1. The Kier molecular flexibility index (Phi) is 3.87. The lowest BCUT2D eigenvalue weighted by molar-refractivity contribution is 0.594. The number of alkyl halides is 1. The highest BCUT2D eigenvalue weighted by molar-refractivity contribution is 7.92. The highest BCUT2D eigenvalue weighted by Crippen LogP contribution is 2.23. The molecule has 0 amide bonds. The Morgan fingerprint density at radius 1 is 1.26 bits per heavy atom. The molecule has 102 valence electrons. The van der Waals surface area contributed by atoms with Crippen molar-refractivity contribution < 1.29 is 8.42 Å². The van der Waals surface area contributed by atoms with Gasteiger partial charge < -0.3 is 4.98 Å². The zero-order valence-corrected chi connectivity index (χ0v) is 12.3. The van der Waals surface area contributed by atoms with Gasteiger partial charge in [-0.25, -0.2) is 8.42 Å². The molecule has 0 saturated heterocycles. The van der Waals surface area contributed by atoms with Crippen LogP contribution < -0.4 is 4.31 Å². The van der Waals surface area contributed by atoms with E-state index < -0.39 is 10.0 Å². The molecule has 0 spiro atoms. The van der Waals surface area contributed by atoms with E-state index in [1.165, 1.54) is 17.5 Å². The second kappa shape index (κ2) is 5.27. The Hall–Kier alpha value is -1.46. The van der Waals surface area contributed by atoms with Crippen molar-refractivity contribution in [1.82, 2.24) is 4.98 Å². The van der Waals surface area contributed by atoms with E-state index >= 15 is 0 Å². The van der Waals surface area contributed by atoms with E-state index in [2.05, 4.69) is 4.98 Å². The smallest absolute Gasteiger partial charge is 0.265 e. The third-order valence-electron chi connectivity index (χ3n) is 2.92. The van der Waals surface area contributed by atoms with Gasteiger partial charge in [-0.15, -0.1) is 11.6 Å². The number of benzene rings is 1. The van der Waals surface area contributed by atoms with Gasteiger partial charge in [0.1, 0.15) is 4.90 Å². The predicted octanol–water partition coefficient (Wildman–Crippen LogP) is 2.89. The van der Waals surface area contributed by atoms with Gasteiger partial charge in [-0.2, -0.15) is 0 Å². The lowest BCUT2D eigenvalue weighted by Crippen LogP contribution is -2.26. The van der Waals surface area contributed by atoms with Crippen molar-refractivity contribution in [2.24, 2.45) is 0 Å². The van der Waals surface area contributed by atoms with Gasteiger partial charge in [0, 0.05) is 18.9 Å². The van der Waals surface area contributed by atoms with Crippen molar-refractivity contribution in [3.05, 3.63) is 47.8 Å². The number of H-pyrrole nitrogens is 1. The largest absolute Gasteiger partial charge is 0.363 e. The number of hydrogen-bond donors (Lipinski definition) is 1. The lowest BCUT2D eigenvalue weighted by atomic mass is 10.2. The van der Waals surface area contributed by atoms with E-state index in [1.807, 2.05) is 19.1 Å². The van der Waals surface area contributed by atoms with Crippen molar-refractivity contribution in [2.45, 2.75) is 17.7 Å². The van der Waals surface area contributed by atoms with Crippen LogP contribution in [-0.2, 0) is 15.9 Å². The van der Waals surface area contributed by atoms with Crippen molar-refractivity contribution in [3.63, 3.8) is 0 Å².